The molecule has 3 rings (SSSR count). The summed E-state index contributed by atoms with van der Waals surface area (Å²) >= 11 is 0. The minimum atomic E-state index is 0.167. The number of fused-ring (bicyclic) bond motifs is 2. The summed E-state index contributed by atoms with van der Waals surface area (Å²) in [6, 6.07) is 3.77. The molecular formula is C13H14N2O. The molecule has 0 saturated carbocycles. The molecule has 2 aromatic heterocycles. The molecule has 0 spiro atoms. The summed E-state index contributed by atoms with van der Waals surface area (Å²) < 4.78 is 0. The summed E-state index contributed by atoms with van der Waals surface area (Å²) in [5.41, 5.74) is 3.90. The van der Waals surface area contributed by atoms with Gasteiger partial charge in [-0.3, -0.25) is 4.79 Å². The Morgan fingerprint density at radius 3 is 3.06 bits per heavy atom. The monoisotopic (exact) mass is 214 g/mol. The number of nitrogens with one attached hydrogen (secondary N) is 1. The van der Waals surface area contributed by atoms with E-state index in [2.05, 4.69) is 16.9 Å². The smallest absolute Gasteiger partial charge is 0.194 e. The van der Waals surface area contributed by atoms with Crippen molar-refractivity contribution in [2.24, 2.45) is 0 Å². The average molecular weight is 214 g/mol. The molecular weight excluding hydrogens is 200 g/mol. The average Bonchev–Trinajstić information content (AvgIpc) is 2.61. The number of aryl methyl sites for hydroxylation is 1. The van der Waals surface area contributed by atoms with Gasteiger partial charge in [0.1, 0.15) is 5.65 Å². The maximum absolute atomic E-state index is 12.2. The van der Waals surface area contributed by atoms with Crippen molar-refractivity contribution in [2.45, 2.75) is 32.6 Å². The van der Waals surface area contributed by atoms with E-state index in [1.165, 1.54) is 0 Å². The molecule has 82 valence electrons. The Balaban J connectivity index is 2.44. The zero-order chi connectivity index (χ0) is 11.3. The molecule has 0 bridgehead atoms. The van der Waals surface area contributed by atoms with E-state index >= 15 is 0 Å². The van der Waals surface area contributed by atoms with E-state index < -0.39 is 0 Å². The number of aromatic amines is 1. The fourth-order valence-electron chi connectivity index (χ4n) is 2.50. The van der Waals surface area contributed by atoms with Crippen LogP contribution < -0.4 is 5.43 Å². The molecule has 2 heterocycles. The highest BCUT2D eigenvalue weighted by Crippen LogP contribution is 2.29. The molecule has 1 unspecified atom stereocenters. The Kier molecular flexibility index (Phi) is 1.90. The van der Waals surface area contributed by atoms with E-state index in [1.807, 2.05) is 19.1 Å². The fourth-order valence-corrected chi connectivity index (χ4v) is 2.50. The van der Waals surface area contributed by atoms with Crippen molar-refractivity contribution in [1.29, 1.82) is 0 Å². The molecule has 0 aromatic carbocycles. The number of rotatable bonds is 0. The van der Waals surface area contributed by atoms with Crippen molar-refractivity contribution in [2.75, 3.05) is 0 Å². The number of H-pyrrole nitrogens is 1. The van der Waals surface area contributed by atoms with E-state index in [0.29, 0.717) is 5.92 Å². The van der Waals surface area contributed by atoms with Crippen LogP contribution in [0.4, 0.5) is 0 Å². The van der Waals surface area contributed by atoms with Gasteiger partial charge in [-0.05, 0) is 37.8 Å². The number of hydrogen-bond acceptors (Lipinski definition) is 2. The largest absolute Gasteiger partial charge is 0.343 e. The lowest BCUT2D eigenvalue weighted by molar-refractivity contribution is 0.732. The van der Waals surface area contributed by atoms with Crippen molar-refractivity contribution in [3.63, 3.8) is 0 Å². The first-order valence-electron chi connectivity index (χ1n) is 5.69. The van der Waals surface area contributed by atoms with E-state index in [-0.39, 0.29) is 5.43 Å². The first-order chi connectivity index (χ1) is 7.66. The number of pyridine rings is 2. The van der Waals surface area contributed by atoms with Crippen LogP contribution in [0.15, 0.2) is 16.9 Å². The van der Waals surface area contributed by atoms with Crippen LogP contribution in [0.2, 0.25) is 0 Å². The maximum atomic E-state index is 12.2. The molecule has 0 amide bonds. The topological polar surface area (TPSA) is 45.8 Å². The Hall–Kier alpha value is -1.64. The van der Waals surface area contributed by atoms with Gasteiger partial charge < -0.3 is 4.98 Å². The van der Waals surface area contributed by atoms with Gasteiger partial charge in [-0.2, -0.15) is 0 Å². The quantitative estimate of drug-likeness (QED) is 0.731. The number of nitrogens with zero attached hydrogens (tertiary/aromatic N) is 1. The second kappa shape index (κ2) is 3.17. The predicted octanol–water partition coefficient (Wildman–Crippen LogP) is 2.28. The van der Waals surface area contributed by atoms with Crippen molar-refractivity contribution in [3.8, 4) is 0 Å². The molecule has 1 N–H and O–H groups in total. The first-order valence-corrected chi connectivity index (χ1v) is 5.69. The van der Waals surface area contributed by atoms with Gasteiger partial charge in [-0.25, -0.2) is 4.98 Å². The third kappa shape index (κ3) is 1.21. The molecule has 16 heavy (non-hydrogen) atoms. The number of hydrogen-bond donors (Lipinski definition) is 1. The van der Waals surface area contributed by atoms with Crippen molar-refractivity contribution < 1.29 is 0 Å². The molecule has 0 aliphatic heterocycles. The minimum absolute atomic E-state index is 0.167. The van der Waals surface area contributed by atoms with Crippen LogP contribution in [0.25, 0.3) is 11.0 Å². The van der Waals surface area contributed by atoms with Gasteiger partial charge in [-0.15, -0.1) is 0 Å². The molecule has 0 saturated heterocycles. The molecule has 0 radical (unpaired) electrons. The van der Waals surface area contributed by atoms with Gasteiger partial charge in [0.05, 0.1) is 5.39 Å². The standard InChI is InChI=1S/C13H14N2O/c1-7-3-5-9-11(7)15-13-10(12(9)16)6-4-8(2)14-13/h4,6-7H,3,5H2,1-2H3,(H,14,15,16). The second-order valence-electron chi connectivity index (χ2n) is 4.63. The zero-order valence-electron chi connectivity index (χ0n) is 9.50. The van der Waals surface area contributed by atoms with Crippen molar-refractivity contribution in [1.82, 2.24) is 9.97 Å². The third-order valence-electron chi connectivity index (χ3n) is 3.45. The van der Waals surface area contributed by atoms with Crippen molar-refractivity contribution in [3.05, 3.63) is 39.3 Å². The minimum Gasteiger partial charge on any atom is -0.343 e. The lowest BCUT2D eigenvalue weighted by atomic mass is 10.1. The lowest BCUT2D eigenvalue weighted by Gasteiger charge is -2.06. The summed E-state index contributed by atoms with van der Waals surface area (Å²) in [7, 11) is 0. The normalized spacial score (nSPS) is 19.0. The van der Waals surface area contributed by atoms with Crippen LogP contribution in [0.3, 0.4) is 0 Å². The third-order valence-corrected chi connectivity index (χ3v) is 3.45. The van der Waals surface area contributed by atoms with Gasteiger partial charge in [0.25, 0.3) is 0 Å². The SMILES string of the molecule is Cc1ccc2c(=O)c3c([nH]c2n1)C(C)CC3. The van der Waals surface area contributed by atoms with Crippen LogP contribution in [-0.4, -0.2) is 9.97 Å². The van der Waals surface area contributed by atoms with Gasteiger partial charge in [-0.1, -0.05) is 6.92 Å². The molecule has 2 aromatic rings. The van der Waals surface area contributed by atoms with Crippen LogP contribution in [0.1, 0.15) is 36.2 Å². The summed E-state index contributed by atoms with van der Waals surface area (Å²) in [6.07, 6.45) is 1.96. The predicted molar refractivity (Wildman–Crippen MR) is 63.8 cm³/mol. The zero-order valence-corrected chi connectivity index (χ0v) is 9.50. The Labute approximate surface area is 93.5 Å². The van der Waals surface area contributed by atoms with E-state index in [9.17, 15) is 4.79 Å². The van der Waals surface area contributed by atoms with E-state index in [4.69, 9.17) is 0 Å². The summed E-state index contributed by atoms with van der Waals surface area (Å²) in [5, 5.41) is 0.721. The van der Waals surface area contributed by atoms with E-state index in [1.54, 1.807) is 0 Å². The summed E-state index contributed by atoms with van der Waals surface area (Å²) in [4.78, 5) is 19.9. The fraction of sp³-hybridized carbons (Fsp3) is 0.385. The van der Waals surface area contributed by atoms with Gasteiger partial charge >= 0.3 is 0 Å². The highest BCUT2D eigenvalue weighted by atomic mass is 16.1. The summed E-state index contributed by atoms with van der Waals surface area (Å²) in [6.45, 7) is 4.10. The van der Waals surface area contributed by atoms with E-state index in [0.717, 1.165) is 40.8 Å². The Bertz CT molecular complexity index is 628. The van der Waals surface area contributed by atoms with Crippen molar-refractivity contribution >= 4 is 11.0 Å². The molecule has 3 nitrogen and oxygen atoms in total. The molecule has 1 aliphatic rings. The van der Waals surface area contributed by atoms with Crippen LogP contribution in [0.5, 0.6) is 0 Å². The molecule has 3 heteroatoms. The first kappa shape index (κ1) is 9.58. The maximum Gasteiger partial charge on any atom is 0.194 e. The summed E-state index contributed by atoms with van der Waals surface area (Å²) in [5.74, 6) is 0.453. The Morgan fingerprint density at radius 1 is 1.44 bits per heavy atom. The Morgan fingerprint density at radius 2 is 2.25 bits per heavy atom. The van der Waals surface area contributed by atoms with Gasteiger partial charge in [0.2, 0.25) is 0 Å². The van der Waals surface area contributed by atoms with Crippen LogP contribution >= 0.6 is 0 Å². The van der Waals surface area contributed by atoms with Crippen LogP contribution in [-0.2, 0) is 6.42 Å². The number of aromatic nitrogens is 2. The van der Waals surface area contributed by atoms with Crippen LogP contribution in [0, 0.1) is 6.92 Å². The van der Waals surface area contributed by atoms with Gasteiger partial charge in [0, 0.05) is 17.0 Å². The highest BCUT2D eigenvalue weighted by molar-refractivity contribution is 5.76. The molecule has 1 aliphatic carbocycles. The highest BCUT2D eigenvalue weighted by Gasteiger charge is 2.23. The second-order valence-corrected chi connectivity index (χ2v) is 4.63. The molecule has 1 atom stereocenters. The molecule has 0 fully saturated rings. The van der Waals surface area contributed by atoms with Gasteiger partial charge in [0.15, 0.2) is 5.43 Å². The lowest BCUT2D eigenvalue weighted by Crippen LogP contribution is -2.12.